The van der Waals surface area contributed by atoms with Crippen molar-refractivity contribution in [1.29, 1.82) is 0 Å². The second-order valence-corrected chi connectivity index (χ2v) is 5.56. The van der Waals surface area contributed by atoms with Gasteiger partial charge >= 0.3 is 5.69 Å². The molecule has 0 saturated carbocycles. The number of nitrogens with zero attached hydrogens (tertiary/aromatic N) is 2. The topological polar surface area (TPSA) is 64.2 Å². The van der Waals surface area contributed by atoms with Gasteiger partial charge in [0.05, 0.1) is 0 Å². The van der Waals surface area contributed by atoms with E-state index in [0.29, 0.717) is 11.4 Å². The second kappa shape index (κ2) is 20.1. The van der Waals surface area contributed by atoms with Gasteiger partial charge in [-0.1, -0.05) is 47.2 Å². The van der Waals surface area contributed by atoms with Crippen LogP contribution in [0.2, 0.25) is 0 Å². The summed E-state index contributed by atoms with van der Waals surface area (Å²) >= 11 is 0. The number of aliphatic hydroxyl groups excluding tert-OH is 1. The first-order valence-electron chi connectivity index (χ1n) is 10.1. The van der Waals surface area contributed by atoms with E-state index in [9.17, 15) is 9.59 Å². The molecule has 1 N–H and O–H groups in total. The van der Waals surface area contributed by atoms with Crippen LogP contribution in [0.1, 0.15) is 44.5 Å². The molecule has 0 spiro atoms. The molecule has 31 heavy (non-hydrogen) atoms. The average molecular weight is 501 g/mol. The molecule has 2 aromatic carbocycles. The van der Waals surface area contributed by atoms with Crippen molar-refractivity contribution in [1.82, 2.24) is 9.13 Å². The van der Waals surface area contributed by atoms with Gasteiger partial charge in [-0.3, -0.25) is 9.36 Å². The molecule has 3 aromatic rings. The molecule has 1 aromatic heterocycles. The first kappa shape index (κ1) is 33.8. The van der Waals surface area contributed by atoms with Crippen LogP contribution in [0.5, 0.6) is 0 Å². The van der Waals surface area contributed by atoms with Gasteiger partial charge < -0.3 is 9.67 Å². The van der Waals surface area contributed by atoms with Gasteiger partial charge in [-0.2, -0.15) is 60.2 Å². The zero-order valence-corrected chi connectivity index (χ0v) is 23.2. The fourth-order valence-corrected chi connectivity index (χ4v) is 2.28. The normalized spacial score (nSPS) is 8.32. The van der Waals surface area contributed by atoms with Gasteiger partial charge in [-0.15, -0.1) is 5.56 Å². The Morgan fingerprint density at radius 3 is 1.77 bits per heavy atom. The van der Waals surface area contributed by atoms with Crippen molar-refractivity contribution in [3.8, 4) is 5.69 Å². The molecule has 5 nitrogen and oxygen atoms in total. The largest absolute Gasteiger partial charge is 0.400 e. The van der Waals surface area contributed by atoms with Crippen LogP contribution in [-0.4, -0.2) is 21.4 Å². The maximum Gasteiger partial charge on any atom is 0.324 e. The molecule has 0 fully saturated rings. The van der Waals surface area contributed by atoms with Gasteiger partial charge in [0.1, 0.15) is 0 Å². The smallest absolute Gasteiger partial charge is 0.324 e. The van der Waals surface area contributed by atoms with E-state index in [0.717, 1.165) is 18.2 Å². The molecule has 1 radical (unpaired) electrons. The Labute approximate surface area is 212 Å². The summed E-state index contributed by atoms with van der Waals surface area (Å²) in [5.41, 5.74) is 2.46. The summed E-state index contributed by atoms with van der Waals surface area (Å²) in [6.45, 7) is 13.5. The first-order chi connectivity index (χ1) is 14.4. The molecule has 6 heteroatoms. The minimum Gasteiger partial charge on any atom is -0.400 e. The monoisotopic (exact) mass is 501 g/mol. The summed E-state index contributed by atoms with van der Waals surface area (Å²) < 4.78 is 2.64. The average Bonchev–Trinajstić information content (AvgIpc) is 2.79. The van der Waals surface area contributed by atoms with Gasteiger partial charge in [-0.05, 0) is 6.92 Å². The van der Waals surface area contributed by atoms with Crippen LogP contribution in [-0.2, 0) is 39.8 Å². The minimum atomic E-state index is -0.333. The summed E-state index contributed by atoms with van der Waals surface area (Å²) in [6.07, 6.45) is 0. The van der Waals surface area contributed by atoms with Crippen molar-refractivity contribution < 1.29 is 37.8 Å². The Kier molecular flexibility index (Phi) is 21.9. The number of rotatable bonds is 1. The third-order valence-corrected chi connectivity index (χ3v) is 3.68. The molecule has 0 unspecified atom stereocenters. The van der Waals surface area contributed by atoms with E-state index >= 15 is 0 Å². The van der Waals surface area contributed by atoms with Gasteiger partial charge in [0.15, 0.2) is 0 Å². The summed E-state index contributed by atoms with van der Waals surface area (Å²) in [5, 5.41) is 7.00. The quantitative estimate of drug-likeness (QED) is 0.503. The predicted molar refractivity (Wildman–Crippen MR) is 126 cm³/mol. The van der Waals surface area contributed by atoms with E-state index in [1.807, 2.05) is 77.9 Å². The van der Waals surface area contributed by atoms with E-state index in [1.165, 1.54) is 15.2 Å². The maximum absolute atomic E-state index is 12.2. The molecule has 3 rings (SSSR count). The van der Waals surface area contributed by atoms with Gasteiger partial charge in [0.25, 0.3) is 0 Å². The fraction of sp³-hybridized carbons (Fsp3) is 0.360. The van der Waals surface area contributed by atoms with E-state index in [1.54, 1.807) is 20.0 Å². The molecule has 0 aliphatic heterocycles. The maximum atomic E-state index is 12.2. The van der Waals surface area contributed by atoms with Crippen molar-refractivity contribution in [2.45, 2.75) is 48.5 Å². The van der Waals surface area contributed by atoms with Crippen molar-refractivity contribution in [2.75, 3.05) is 7.11 Å². The third-order valence-electron chi connectivity index (χ3n) is 3.68. The number of benzene rings is 2. The minimum absolute atomic E-state index is 0. The van der Waals surface area contributed by atoms with Crippen molar-refractivity contribution in [3.63, 3.8) is 0 Å². The third kappa shape index (κ3) is 11.4. The molecule has 0 atom stereocenters. The Morgan fingerprint density at radius 1 is 0.871 bits per heavy atom. The van der Waals surface area contributed by atoms with E-state index < -0.39 is 0 Å². The van der Waals surface area contributed by atoms with Crippen molar-refractivity contribution in [3.05, 3.63) is 98.3 Å². The number of aliphatic hydroxyl groups is 1. The molecule has 0 bridgehead atoms. The molecule has 0 saturated heterocycles. The number of aromatic nitrogens is 2. The predicted octanol–water partition coefficient (Wildman–Crippen LogP) is 4.41. The number of hydrogen-bond acceptors (Lipinski definition) is 3. The van der Waals surface area contributed by atoms with Gasteiger partial charge in [0.2, 0.25) is 5.56 Å². The van der Waals surface area contributed by atoms with E-state index in [-0.39, 0.29) is 44.0 Å². The summed E-state index contributed by atoms with van der Waals surface area (Å²) in [5.74, 6) is 0. The standard InChI is InChI=1S/C14H15N2O2.C6H5.2C2H6.CH4O.Y/c1-9-5-6-12(10(2)7-9)16-13(17)8-11(3)15(4)14(16)18;1-2-4-6-5-3-1;3*1-2;/h6-8H,1-4H3;1-5H;2*1-2H3;2H,1H3;/q2*-1;;;;. The van der Waals surface area contributed by atoms with Crippen LogP contribution in [0.4, 0.5) is 0 Å². The van der Waals surface area contributed by atoms with E-state index in [4.69, 9.17) is 5.11 Å². The molecular formula is C25H36N2O3Y-2. The Hall–Kier alpha value is -1.82. The van der Waals surface area contributed by atoms with Crippen LogP contribution in [0.25, 0.3) is 5.69 Å². The summed E-state index contributed by atoms with van der Waals surface area (Å²) in [4.78, 5) is 24.1. The van der Waals surface area contributed by atoms with Crippen LogP contribution >= 0.6 is 0 Å². The number of aryl methyl sites for hydroxylation is 3. The summed E-state index contributed by atoms with van der Waals surface area (Å²) in [7, 11) is 2.65. The Bertz CT molecular complexity index is 923. The molecular weight excluding hydrogens is 465 g/mol. The first-order valence-corrected chi connectivity index (χ1v) is 10.1. The van der Waals surface area contributed by atoms with Gasteiger partial charge in [-0.25, -0.2) is 4.79 Å². The molecule has 0 aliphatic carbocycles. The fourth-order valence-electron chi connectivity index (χ4n) is 2.28. The molecule has 169 valence electrons. The van der Waals surface area contributed by atoms with Crippen LogP contribution < -0.4 is 11.2 Å². The summed E-state index contributed by atoms with van der Waals surface area (Å²) in [6, 6.07) is 20.6. The van der Waals surface area contributed by atoms with Crippen LogP contribution in [0.3, 0.4) is 0 Å². The van der Waals surface area contributed by atoms with Crippen molar-refractivity contribution >= 4 is 0 Å². The zero-order chi connectivity index (χ0) is 23.7. The molecule has 1 heterocycles. The van der Waals surface area contributed by atoms with Gasteiger partial charge in [0, 0.05) is 58.6 Å². The SMILES string of the molecule is CC.CC.CO.Cc1[c-]cc(-n2c(=O)cc(C)n(C)c2=O)c(C)c1.[Y].[c-]1ccccc1. The van der Waals surface area contributed by atoms with Crippen molar-refractivity contribution in [2.24, 2.45) is 7.05 Å². The van der Waals surface area contributed by atoms with E-state index in [2.05, 4.69) is 12.1 Å². The Balaban J connectivity index is -0.000000505. The molecule has 0 amide bonds. The van der Waals surface area contributed by atoms with Crippen LogP contribution in [0, 0.1) is 32.9 Å². The number of hydrogen-bond donors (Lipinski definition) is 1. The Morgan fingerprint density at radius 2 is 1.39 bits per heavy atom. The second-order valence-electron chi connectivity index (χ2n) is 5.56. The van der Waals surface area contributed by atoms with Crippen LogP contribution in [0.15, 0.2) is 58.1 Å². The zero-order valence-electron chi connectivity index (χ0n) is 20.4. The molecule has 0 aliphatic rings.